The predicted octanol–water partition coefficient (Wildman–Crippen LogP) is 6.70. The summed E-state index contributed by atoms with van der Waals surface area (Å²) in [5.74, 6) is -0.860. The van der Waals surface area contributed by atoms with E-state index in [4.69, 9.17) is 9.47 Å². The van der Waals surface area contributed by atoms with Crippen LogP contribution in [0.1, 0.15) is 55.2 Å². The zero-order chi connectivity index (χ0) is 28.2. The lowest BCUT2D eigenvalue weighted by molar-refractivity contribution is -0.139. The number of allylic oxidation sites excluding steroid dienone is 3. The standard InChI is InChI=1S/C33H32BrNO5/c1-3-39-28-19-24(16-25(34)32(28)37)30-29(33(38)40-15-14-21-10-6-4-7-11-21)20(2)35-26-17-23(18-27(36)31(26)30)22-12-8-5-9-13-22/h4-13,16,19,23,30,35,37H,3,14-15,17-18H2,1-2H3/t23-,30+/m0/s1. The lowest BCUT2D eigenvalue weighted by atomic mass is 9.71. The SMILES string of the molecule is CCOc1cc([C@@H]2C(C(=O)OCCc3ccccc3)=C(C)NC3=C2C(=O)C[C@@H](c2ccccc2)C3)cc(Br)c1O. The van der Waals surface area contributed by atoms with Crippen LogP contribution < -0.4 is 10.1 Å². The quantitative estimate of drug-likeness (QED) is 0.279. The van der Waals surface area contributed by atoms with E-state index in [1.807, 2.05) is 74.5 Å². The minimum atomic E-state index is -0.666. The zero-order valence-electron chi connectivity index (χ0n) is 22.6. The molecule has 5 rings (SSSR count). The normalized spacial score (nSPS) is 18.7. The van der Waals surface area contributed by atoms with Crippen molar-refractivity contribution in [2.75, 3.05) is 13.2 Å². The number of halogens is 1. The Labute approximate surface area is 242 Å². The molecule has 6 nitrogen and oxygen atoms in total. The second-order valence-corrected chi connectivity index (χ2v) is 10.9. The van der Waals surface area contributed by atoms with E-state index in [9.17, 15) is 14.7 Å². The summed E-state index contributed by atoms with van der Waals surface area (Å²) in [6, 6.07) is 23.3. The summed E-state index contributed by atoms with van der Waals surface area (Å²) in [5, 5.41) is 14.0. The number of aromatic hydroxyl groups is 1. The smallest absolute Gasteiger partial charge is 0.336 e. The molecule has 0 saturated heterocycles. The van der Waals surface area contributed by atoms with Crippen LogP contribution in [0.3, 0.4) is 0 Å². The molecule has 2 N–H and O–H groups in total. The Bertz CT molecular complexity index is 1480. The van der Waals surface area contributed by atoms with Gasteiger partial charge in [-0.05, 0) is 70.9 Å². The van der Waals surface area contributed by atoms with Gasteiger partial charge in [0.15, 0.2) is 17.3 Å². The first-order valence-corrected chi connectivity index (χ1v) is 14.3. The average Bonchev–Trinajstić information content (AvgIpc) is 2.95. The number of rotatable bonds is 8. The molecule has 7 heteroatoms. The molecule has 1 aliphatic heterocycles. The second kappa shape index (κ2) is 12.1. The van der Waals surface area contributed by atoms with Gasteiger partial charge in [0.05, 0.1) is 23.3 Å². The van der Waals surface area contributed by atoms with Gasteiger partial charge < -0.3 is 19.9 Å². The van der Waals surface area contributed by atoms with Crippen molar-refractivity contribution in [2.45, 2.75) is 44.9 Å². The van der Waals surface area contributed by atoms with Gasteiger partial charge in [0.2, 0.25) is 0 Å². The molecule has 0 radical (unpaired) electrons. The minimum absolute atomic E-state index is 0.0168. The van der Waals surface area contributed by atoms with Gasteiger partial charge in [-0.2, -0.15) is 0 Å². The van der Waals surface area contributed by atoms with Gasteiger partial charge in [-0.1, -0.05) is 60.7 Å². The molecule has 2 aliphatic rings. The number of hydrogen-bond acceptors (Lipinski definition) is 6. The first-order valence-electron chi connectivity index (χ1n) is 13.5. The fraction of sp³-hybridized carbons (Fsp3) is 0.273. The molecule has 0 saturated carbocycles. The molecule has 1 heterocycles. The molecule has 0 spiro atoms. The van der Waals surface area contributed by atoms with Crippen molar-refractivity contribution in [3.8, 4) is 11.5 Å². The highest BCUT2D eigenvalue weighted by molar-refractivity contribution is 9.10. The van der Waals surface area contributed by atoms with Crippen molar-refractivity contribution in [1.29, 1.82) is 0 Å². The summed E-state index contributed by atoms with van der Waals surface area (Å²) in [4.78, 5) is 27.5. The number of carbonyl (C=O) groups is 2. The highest BCUT2D eigenvalue weighted by Gasteiger charge is 2.42. The molecule has 0 aromatic heterocycles. The summed E-state index contributed by atoms with van der Waals surface area (Å²) in [6.45, 7) is 4.25. The highest BCUT2D eigenvalue weighted by Crippen LogP contribution is 2.48. The molecular weight excluding hydrogens is 570 g/mol. The number of dihydropyridines is 1. The third-order valence-electron chi connectivity index (χ3n) is 7.47. The fourth-order valence-corrected chi connectivity index (χ4v) is 6.07. The van der Waals surface area contributed by atoms with Gasteiger partial charge in [0.1, 0.15) is 0 Å². The third kappa shape index (κ3) is 5.70. The van der Waals surface area contributed by atoms with Crippen LogP contribution >= 0.6 is 15.9 Å². The van der Waals surface area contributed by atoms with E-state index in [2.05, 4.69) is 21.2 Å². The molecular formula is C33H32BrNO5. The van der Waals surface area contributed by atoms with Crippen LogP contribution in [0, 0.1) is 0 Å². The van der Waals surface area contributed by atoms with E-state index in [1.54, 1.807) is 12.1 Å². The van der Waals surface area contributed by atoms with E-state index in [1.165, 1.54) is 0 Å². The van der Waals surface area contributed by atoms with Crippen molar-refractivity contribution < 1.29 is 24.2 Å². The number of hydrogen-bond donors (Lipinski definition) is 2. The molecule has 0 fully saturated rings. The van der Waals surface area contributed by atoms with Crippen LogP contribution in [0.2, 0.25) is 0 Å². The number of esters is 1. The molecule has 3 aromatic carbocycles. The lowest BCUT2D eigenvalue weighted by Gasteiger charge is -2.37. The number of phenols is 1. The Kier molecular flexibility index (Phi) is 8.40. The Morgan fingerprint density at radius 2 is 1.73 bits per heavy atom. The number of ether oxygens (including phenoxy) is 2. The van der Waals surface area contributed by atoms with Crippen molar-refractivity contribution in [2.24, 2.45) is 0 Å². The topological polar surface area (TPSA) is 84.9 Å². The van der Waals surface area contributed by atoms with Gasteiger partial charge in [-0.25, -0.2) is 4.79 Å². The molecule has 0 unspecified atom stereocenters. The largest absolute Gasteiger partial charge is 0.503 e. The van der Waals surface area contributed by atoms with E-state index < -0.39 is 11.9 Å². The van der Waals surface area contributed by atoms with Gasteiger partial charge in [0.25, 0.3) is 0 Å². The van der Waals surface area contributed by atoms with Gasteiger partial charge in [0, 0.05) is 35.7 Å². The lowest BCUT2D eigenvalue weighted by Crippen LogP contribution is -2.36. The molecule has 206 valence electrons. The maximum atomic E-state index is 13.9. The predicted molar refractivity (Wildman–Crippen MR) is 157 cm³/mol. The number of carbonyl (C=O) groups excluding carboxylic acids is 2. The maximum Gasteiger partial charge on any atom is 0.336 e. The Hall–Kier alpha value is -3.84. The molecule has 1 aliphatic carbocycles. The first kappa shape index (κ1) is 27.7. The summed E-state index contributed by atoms with van der Waals surface area (Å²) >= 11 is 3.44. The molecule has 0 bridgehead atoms. The van der Waals surface area contributed by atoms with E-state index >= 15 is 0 Å². The summed E-state index contributed by atoms with van der Waals surface area (Å²) < 4.78 is 11.9. The summed E-state index contributed by atoms with van der Waals surface area (Å²) in [7, 11) is 0. The number of phenolic OH excluding ortho intramolecular Hbond substituents is 1. The highest BCUT2D eigenvalue weighted by atomic mass is 79.9. The van der Waals surface area contributed by atoms with Crippen molar-refractivity contribution in [1.82, 2.24) is 5.32 Å². The van der Waals surface area contributed by atoms with Crippen molar-refractivity contribution >= 4 is 27.7 Å². The first-order chi connectivity index (χ1) is 19.4. The number of benzene rings is 3. The van der Waals surface area contributed by atoms with Crippen LogP contribution in [0.25, 0.3) is 0 Å². The fourth-order valence-electron chi connectivity index (χ4n) is 5.61. The summed E-state index contributed by atoms with van der Waals surface area (Å²) in [5.41, 5.74) is 5.27. The van der Waals surface area contributed by atoms with E-state index in [0.29, 0.717) is 52.7 Å². The Morgan fingerprint density at radius 1 is 1.02 bits per heavy atom. The second-order valence-electron chi connectivity index (χ2n) is 10.1. The van der Waals surface area contributed by atoms with Crippen molar-refractivity contribution in [3.05, 3.63) is 116 Å². The average molecular weight is 603 g/mol. The molecule has 40 heavy (non-hydrogen) atoms. The number of Topliss-reactive ketones (excluding diaryl/α,β-unsaturated/α-hetero) is 1. The molecule has 0 amide bonds. The number of ketones is 1. The summed E-state index contributed by atoms with van der Waals surface area (Å²) in [6.07, 6.45) is 1.57. The minimum Gasteiger partial charge on any atom is -0.503 e. The van der Waals surface area contributed by atoms with E-state index in [-0.39, 0.29) is 29.8 Å². The number of nitrogens with one attached hydrogen (secondary N) is 1. The van der Waals surface area contributed by atoms with Crippen molar-refractivity contribution in [3.63, 3.8) is 0 Å². The molecule has 2 atom stereocenters. The Morgan fingerprint density at radius 3 is 2.42 bits per heavy atom. The van der Waals surface area contributed by atoms with E-state index in [0.717, 1.165) is 16.8 Å². The van der Waals surface area contributed by atoms with Gasteiger partial charge >= 0.3 is 5.97 Å². The van der Waals surface area contributed by atoms with Crippen LogP contribution in [0.15, 0.2) is 99.8 Å². The van der Waals surface area contributed by atoms with Crippen LogP contribution in [0.5, 0.6) is 11.5 Å². The zero-order valence-corrected chi connectivity index (χ0v) is 24.2. The van der Waals surface area contributed by atoms with Gasteiger partial charge in [-0.3, -0.25) is 4.79 Å². The van der Waals surface area contributed by atoms with Crippen LogP contribution in [0.4, 0.5) is 0 Å². The maximum absolute atomic E-state index is 13.9. The van der Waals surface area contributed by atoms with Crippen LogP contribution in [-0.4, -0.2) is 30.1 Å². The Balaban J connectivity index is 1.53. The third-order valence-corrected chi connectivity index (χ3v) is 8.07. The molecule has 3 aromatic rings. The van der Waals surface area contributed by atoms with Crippen LogP contribution in [-0.2, 0) is 20.7 Å². The van der Waals surface area contributed by atoms with Gasteiger partial charge in [-0.15, -0.1) is 0 Å². The monoisotopic (exact) mass is 601 g/mol.